The second-order valence-corrected chi connectivity index (χ2v) is 6.05. The van der Waals surface area contributed by atoms with Crippen molar-refractivity contribution < 1.29 is 14.6 Å². The number of benzene rings is 2. The van der Waals surface area contributed by atoms with E-state index < -0.39 is 5.97 Å². The minimum atomic E-state index is -0.591. The van der Waals surface area contributed by atoms with Crippen LogP contribution in [0.1, 0.15) is 15.9 Å². The normalized spacial score (nSPS) is 10.3. The van der Waals surface area contributed by atoms with E-state index in [2.05, 4.69) is 22.6 Å². The highest BCUT2D eigenvalue weighted by atomic mass is 127. The van der Waals surface area contributed by atoms with Gasteiger partial charge in [0.25, 0.3) is 0 Å². The molecule has 0 radical (unpaired) electrons. The van der Waals surface area contributed by atoms with Crippen LogP contribution in [0.25, 0.3) is 0 Å². The molecule has 2 aromatic carbocycles. The SMILES string of the molecule is O=C(OCc1ccc(Cl)c(Cl)c1)c1cc(I)ccc1O. The van der Waals surface area contributed by atoms with Crippen LogP contribution in [-0.4, -0.2) is 11.1 Å². The van der Waals surface area contributed by atoms with Crippen LogP contribution in [0.4, 0.5) is 0 Å². The number of carbonyl (C=O) groups excluding carboxylic acids is 1. The highest BCUT2D eigenvalue weighted by Crippen LogP contribution is 2.24. The summed E-state index contributed by atoms with van der Waals surface area (Å²) in [7, 11) is 0. The van der Waals surface area contributed by atoms with E-state index in [0.717, 1.165) is 9.13 Å². The summed E-state index contributed by atoms with van der Waals surface area (Å²) in [4.78, 5) is 11.9. The summed E-state index contributed by atoms with van der Waals surface area (Å²) in [6.45, 7) is 0.0562. The predicted molar refractivity (Wildman–Crippen MR) is 86.4 cm³/mol. The molecule has 0 saturated heterocycles. The molecule has 0 atom stereocenters. The Morgan fingerprint density at radius 3 is 2.60 bits per heavy atom. The van der Waals surface area contributed by atoms with Crippen LogP contribution in [0.15, 0.2) is 36.4 Å². The first-order chi connectivity index (χ1) is 9.47. The molecule has 6 heteroatoms. The zero-order valence-corrected chi connectivity index (χ0v) is 13.7. The molecule has 0 aliphatic rings. The largest absolute Gasteiger partial charge is 0.507 e. The van der Waals surface area contributed by atoms with Gasteiger partial charge in [-0.3, -0.25) is 0 Å². The average Bonchev–Trinajstić information content (AvgIpc) is 2.42. The maximum Gasteiger partial charge on any atom is 0.342 e. The number of phenolic OH excluding ortho intramolecular Hbond substituents is 1. The van der Waals surface area contributed by atoms with Crippen molar-refractivity contribution in [1.82, 2.24) is 0 Å². The van der Waals surface area contributed by atoms with Crippen LogP contribution < -0.4 is 0 Å². The second-order valence-electron chi connectivity index (χ2n) is 3.99. The first-order valence-corrected chi connectivity index (χ1v) is 7.40. The van der Waals surface area contributed by atoms with E-state index in [1.165, 1.54) is 6.07 Å². The fourth-order valence-electron chi connectivity index (χ4n) is 1.53. The van der Waals surface area contributed by atoms with Gasteiger partial charge < -0.3 is 9.84 Å². The molecule has 0 aliphatic heterocycles. The van der Waals surface area contributed by atoms with Crippen molar-refractivity contribution in [3.05, 3.63) is 61.1 Å². The number of halogens is 3. The van der Waals surface area contributed by atoms with E-state index in [4.69, 9.17) is 27.9 Å². The van der Waals surface area contributed by atoms with Crippen LogP contribution in [0.2, 0.25) is 10.0 Å². The van der Waals surface area contributed by atoms with Gasteiger partial charge in [0.05, 0.1) is 10.0 Å². The van der Waals surface area contributed by atoms with Gasteiger partial charge in [0.2, 0.25) is 0 Å². The molecule has 2 rings (SSSR count). The van der Waals surface area contributed by atoms with E-state index in [1.807, 2.05) is 0 Å². The summed E-state index contributed by atoms with van der Waals surface area (Å²) in [5, 5.41) is 10.5. The van der Waals surface area contributed by atoms with Crippen LogP contribution in [0.3, 0.4) is 0 Å². The fourth-order valence-corrected chi connectivity index (χ4v) is 2.34. The molecule has 104 valence electrons. The predicted octanol–water partition coefficient (Wildman–Crippen LogP) is 4.66. The molecule has 0 aliphatic carbocycles. The number of ether oxygens (including phenoxy) is 1. The molecular formula is C14H9Cl2IO3. The fraction of sp³-hybridized carbons (Fsp3) is 0.0714. The van der Waals surface area contributed by atoms with E-state index in [9.17, 15) is 9.90 Å². The number of esters is 1. The van der Waals surface area contributed by atoms with Crippen molar-refractivity contribution in [2.75, 3.05) is 0 Å². The molecular weight excluding hydrogens is 414 g/mol. The van der Waals surface area contributed by atoms with Gasteiger partial charge in [0, 0.05) is 3.57 Å². The molecule has 0 bridgehead atoms. The molecule has 1 N–H and O–H groups in total. The summed E-state index contributed by atoms with van der Waals surface area (Å²) in [6.07, 6.45) is 0. The third kappa shape index (κ3) is 3.77. The maximum absolute atomic E-state index is 11.9. The molecule has 0 saturated carbocycles. The highest BCUT2D eigenvalue weighted by Gasteiger charge is 2.13. The van der Waals surface area contributed by atoms with Crippen molar-refractivity contribution in [2.24, 2.45) is 0 Å². The third-order valence-corrected chi connectivity index (χ3v) is 3.94. The van der Waals surface area contributed by atoms with Crippen LogP contribution >= 0.6 is 45.8 Å². The van der Waals surface area contributed by atoms with Gasteiger partial charge in [-0.2, -0.15) is 0 Å². The first kappa shape index (κ1) is 15.4. The Kier molecular flexibility index (Phi) is 5.12. The summed E-state index contributed by atoms with van der Waals surface area (Å²) < 4.78 is 5.98. The van der Waals surface area contributed by atoms with Crippen molar-refractivity contribution in [1.29, 1.82) is 0 Å². The standard InChI is InChI=1S/C14H9Cl2IO3/c15-11-3-1-8(5-12(11)16)7-20-14(19)10-6-9(17)2-4-13(10)18/h1-6,18H,7H2. The van der Waals surface area contributed by atoms with E-state index in [0.29, 0.717) is 10.0 Å². The first-order valence-electron chi connectivity index (χ1n) is 5.57. The second kappa shape index (κ2) is 6.65. The number of phenols is 1. The van der Waals surface area contributed by atoms with E-state index in [-0.39, 0.29) is 17.9 Å². The zero-order valence-electron chi connectivity index (χ0n) is 10.1. The highest BCUT2D eigenvalue weighted by molar-refractivity contribution is 14.1. The molecule has 0 amide bonds. The lowest BCUT2D eigenvalue weighted by Crippen LogP contribution is -2.06. The van der Waals surface area contributed by atoms with Gasteiger partial charge in [0.15, 0.2) is 0 Å². The Hall–Kier alpha value is -0.980. The minimum Gasteiger partial charge on any atom is -0.507 e. The lowest BCUT2D eigenvalue weighted by Gasteiger charge is -2.07. The average molecular weight is 423 g/mol. The van der Waals surface area contributed by atoms with Gasteiger partial charge >= 0.3 is 5.97 Å². The number of rotatable bonds is 3. The molecule has 0 heterocycles. The molecule has 0 fully saturated rings. The topological polar surface area (TPSA) is 46.5 Å². The number of hydrogen-bond acceptors (Lipinski definition) is 3. The Morgan fingerprint density at radius 1 is 1.15 bits per heavy atom. The number of carbonyl (C=O) groups is 1. The number of hydrogen-bond donors (Lipinski definition) is 1. The Balaban J connectivity index is 2.08. The zero-order chi connectivity index (χ0) is 14.7. The maximum atomic E-state index is 11.9. The molecule has 0 spiro atoms. The minimum absolute atomic E-state index is 0.0562. The molecule has 2 aromatic rings. The van der Waals surface area contributed by atoms with Crippen molar-refractivity contribution in [3.63, 3.8) is 0 Å². The van der Waals surface area contributed by atoms with Crippen LogP contribution in [0.5, 0.6) is 5.75 Å². The van der Waals surface area contributed by atoms with Crippen LogP contribution in [0, 0.1) is 3.57 Å². The van der Waals surface area contributed by atoms with E-state index >= 15 is 0 Å². The summed E-state index contributed by atoms with van der Waals surface area (Å²) in [6, 6.07) is 9.70. The van der Waals surface area contributed by atoms with Gasteiger partial charge in [-0.1, -0.05) is 29.3 Å². The monoisotopic (exact) mass is 422 g/mol. The van der Waals surface area contributed by atoms with E-state index in [1.54, 1.807) is 30.3 Å². The van der Waals surface area contributed by atoms with Crippen LogP contribution in [-0.2, 0) is 11.3 Å². The third-order valence-electron chi connectivity index (χ3n) is 2.53. The Morgan fingerprint density at radius 2 is 1.90 bits per heavy atom. The molecule has 0 unspecified atom stereocenters. The molecule has 20 heavy (non-hydrogen) atoms. The van der Waals surface area contributed by atoms with Gasteiger partial charge in [0.1, 0.15) is 17.9 Å². The van der Waals surface area contributed by atoms with Gasteiger partial charge in [-0.15, -0.1) is 0 Å². The van der Waals surface area contributed by atoms with Gasteiger partial charge in [-0.05, 0) is 58.5 Å². The van der Waals surface area contributed by atoms with Crippen molar-refractivity contribution in [3.8, 4) is 5.75 Å². The molecule has 0 aromatic heterocycles. The Bertz CT molecular complexity index is 659. The summed E-state index contributed by atoms with van der Waals surface area (Å²) in [5.41, 5.74) is 0.856. The molecule has 3 nitrogen and oxygen atoms in total. The smallest absolute Gasteiger partial charge is 0.342 e. The number of aromatic hydroxyl groups is 1. The van der Waals surface area contributed by atoms with Crippen molar-refractivity contribution in [2.45, 2.75) is 6.61 Å². The quantitative estimate of drug-likeness (QED) is 0.578. The summed E-state index contributed by atoms with van der Waals surface area (Å²) >= 11 is 13.7. The van der Waals surface area contributed by atoms with Crippen molar-refractivity contribution >= 4 is 51.8 Å². The summed E-state index contributed by atoms with van der Waals surface area (Å²) in [5.74, 6) is -0.698. The van der Waals surface area contributed by atoms with Gasteiger partial charge in [-0.25, -0.2) is 4.79 Å². The lowest BCUT2D eigenvalue weighted by molar-refractivity contribution is 0.0469. The lowest BCUT2D eigenvalue weighted by atomic mass is 10.2. The Labute approximate surface area is 139 Å².